The Morgan fingerprint density at radius 3 is 2.62 bits per heavy atom. The zero-order valence-corrected chi connectivity index (χ0v) is 14.2. The summed E-state index contributed by atoms with van der Waals surface area (Å²) < 4.78 is 51.2. The van der Waals surface area contributed by atoms with Crippen LogP contribution in [0.4, 0.5) is 14.5 Å². The highest BCUT2D eigenvalue weighted by molar-refractivity contribution is 8.24. The fraction of sp³-hybridized carbons (Fsp3) is 0.462. The van der Waals surface area contributed by atoms with Crippen LogP contribution in [0.15, 0.2) is 17.1 Å². The van der Waals surface area contributed by atoms with Gasteiger partial charge in [0.15, 0.2) is 26.6 Å². The molecule has 11 heteroatoms. The average Bonchev–Trinajstić information content (AvgIpc) is 3.17. The molecule has 130 valence electrons. The molecule has 1 fully saturated rings. The van der Waals surface area contributed by atoms with Gasteiger partial charge in [-0.05, 0) is 13.3 Å². The largest absolute Gasteiger partial charge is 0.378 e. The fourth-order valence-electron chi connectivity index (χ4n) is 3.25. The molecule has 1 saturated carbocycles. The van der Waals surface area contributed by atoms with Gasteiger partial charge >= 0.3 is 0 Å². The molecule has 1 heterocycles. The Labute approximate surface area is 140 Å². The lowest BCUT2D eigenvalue weighted by Crippen LogP contribution is -2.39. The minimum atomic E-state index is -3.56. The normalized spacial score (nSPS) is 32.0. The molecule has 3 atom stereocenters. The summed E-state index contributed by atoms with van der Waals surface area (Å²) in [6.45, 7) is 1.42. The van der Waals surface area contributed by atoms with Gasteiger partial charge in [0.2, 0.25) is 0 Å². The Morgan fingerprint density at radius 2 is 2.08 bits per heavy atom. The van der Waals surface area contributed by atoms with E-state index in [-0.39, 0.29) is 17.2 Å². The molecule has 24 heavy (non-hydrogen) atoms. The number of nitrogens with two attached hydrogens (primary N) is 1. The van der Waals surface area contributed by atoms with E-state index in [0.717, 1.165) is 24.1 Å². The third-order valence-electron chi connectivity index (χ3n) is 4.55. The molecule has 1 aromatic rings. The lowest BCUT2D eigenvalue weighted by atomic mass is 9.86. The van der Waals surface area contributed by atoms with Crippen LogP contribution in [0.5, 0.6) is 0 Å². The van der Waals surface area contributed by atoms with Crippen molar-refractivity contribution >= 4 is 32.5 Å². The fourth-order valence-corrected chi connectivity index (χ4v) is 6.54. The summed E-state index contributed by atoms with van der Waals surface area (Å²) in [7, 11) is -3.56. The monoisotopic (exact) mass is 377 g/mol. The zero-order chi connectivity index (χ0) is 18.1. The zero-order valence-electron chi connectivity index (χ0n) is 12.6. The predicted octanol–water partition coefficient (Wildman–Crippen LogP) is 1.91. The number of amidine groups is 1. The van der Waals surface area contributed by atoms with Crippen molar-refractivity contribution in [2.45, 2.75) is 23.0 Å². The summed E-state index contributed by atoms with van der Waals surface area (Å²) >= 11 is 0.877. The molecule has 7 nitrogen and oxygen atoms in total. The highest BCUT2D eigenvalue weighted by Gasteiger charge is 2.72. The quantitative estimate of drug-likeness (QED) is 0.635. The maximum Gasteiger partial charge on any atom is 0.272 e. The van der Waals surface area contributed by atoms with Crippen molar-refractivity contribution < 1.29 is 22.1 Å². The van der Waals surface area contributed by atoms with Crippen molar-refractivity contribution in [1.29, 1.82) is 0 Å². The van der Waals surface area contributed by atoms with Gasteiger partial charge in [-0.1, -0.05) is 11.8 Å². The Balaban J connectivity index is 2.23. The van der Waals surface area contributed by atoms with Crippen LogP contribution in [-0.2, 0) is 15.4 Å². The van der Waals surface area contributed by atoms with Gasteiger partial charge in [-0.3, -0.25) is 15.1 Å². The van der Waals surface area contributed by atoms with Crippen LogP contribution >= 0.6 is 11.8 Å². The molecule has 2 aliphatic rings. The van der Waals surface area contributed by atoms with Gasteiger partial charge in [-0.2, -0.15) is 0 Å². The standard InChI is InChI=1S/C13H13F2N3O4S2/c1-12(7-3-6(18(19)20)4-8(14)10(7)15)9-5-13(9,24(2,21)22)23-11(16)17-12/h3-4,9H,5H2,1-2H3,(H2,16,17)/t9-,12+,13+/m0/s1. The summed E-state index contributed by atoms with van der Waals surface area (Å²) in [5.74, 6) is -3.34. The summed E-state index contributed by atoms with van der Waals surface area (Å²) in [5.41, 5.74) is 3.22. The van der Waals surface area contributed by atoms with Crippen LogP contribution in [0.3, 0.4) is 0 Å². The number of thioether (sulfide) groups is 1. The molecule has 1 aromatic carbocycles. The van der Waals surface area contributed by atoms with Crippen LogP contribution < -0.4 is 5.73 Å². The lowest BCUT2D eigenvalue weighted by Gasteiger charge is -2.33. The van der Waals surface area contributed by atoms with Crippen LogP contribution in [0, 0.1) is 27.7 Å². The number of fused-ring (bicyclic) bond motifs is 1. The van der Waals surface area contributed by atoms with Crippen molar-refractivity contribution in [3.8, 4) is 0 Å². The first-order valence-electron chi connectivity index (χ1n) is 6.80. The highest BCUT2D eigenvalue weighted by atomic mass is 32.3. The van der Waals surface area contributed by atoms with Gasteiger partial charge < -0.3 is 5.73 Å². The van der Waals surface area contributed by atoms with Gasteiger partial charge in [-0.25, -0.2) is 17.2 Å². The highest BCUT2D eigenvalue weighted by Crippen LogP contribution is 2.68. The van der Waals surface area contributed by atoms with E-state index in [1.54, 1.807) is 0 Å². The number of rotatable bonds is 3. The number of sulfone groups is 1. The number of nitrogens with zero attached hydrogens (tertiary/aromatic N) is 2. The third kappa shape index (κ3) is 2.21. The first kappa shape index (κ1) is 17.1. The van der Waals surface area contributed by atoms with Crippen LogP contribution in [-0.4, -0.2) is 28.8 Å². The second-order valence-corrected chi connectivity index (χ2v) is 9.97. The molecule has 0 amide bonds. The van der Waals surface area contributed by atoms with E-state index >= 15 is 0 Å². The van der Waals surface area contributed by atoms with Crippen molar-refractivity contribution in [2.75, 3.05) is 6.26 Å². The van der Waals surface area contributed by atoms with Crippen molar-refractivity contribution in [2.24, 2.45) is 16.6 Å². The van der Waals surface area contributed by atoms with Crippen LogP contribution in [0.1, 0.15) is 18.9 Å². The summed E-state index contributed by atoms with van der Waals surface area (Å²) in [6.07, 6.45) is 1.20. The summed E-state index contributed by atoms with van der Waals surface area (Å²) in [5, 5.41) is 10.9. The van der Waals surface area contributed by atoms with Crippen LogP contribution in [0.2, 0.25) is 0 Å². The number of benzene rings is 1. The van der Waals surface area contributed by atoms with E-state index in [9.17, 15) is 27.3 Å². The molecule has 0 radical (unpaired) electrons. The maximum atomic E-state index is 14.4. The molecule has 0 aromatic heterocycles. The van der Waals surface area contributed by atoms with E-state index in [2.05, 4.69) is 4.99 Å². The molecular weight excluding hydrogens is 364 g/mol. The SMILES string of the molecule is C[C@]1(c2cc([N+](=O)[O-])cc(F)c2F)N=C(N)S[C@@]2(S(C)(=O)=O)C[C@H]21. The molecule has 1 aliphatic carbocycles. The number of halogens is 2. The Hall–Kier alpha value is -1.75. The molecular formula is C13H13F2N3O4S2. The maximum absolute atomic E-state index is 14.4. The molecule has 3 rings (SSSR count). The molecule has 0 spiro atoms. The van der Waals surface area contributed by atoms with Crippen molar-refractivity contribution in [1.82, 2.24) is 0 Å². The smallest absolute Gasteiger partial charge is 0.272 e. The predicted molar refractivity (Wildman–Crippen MR) is 85.3 cm³/mol. The number of nitro groups is 1. The van der Waals surface area contributed by atoms with E-state index in [0.29, 0.717) is 6.07 Å². The second-order valence-electron chi connectivity index (χ2n) is 6.09. The van der Waals surface area contributed by atoms with E-state index < -0.39 is 47.6 Å². The number of hydrogen-bond donors (Lipinski definition) is 1. The van der Waals surface area contributed by atoms with Gasteiger partial charge in [0.05, 0.1) is 16.5 Å². The second kappa shape index (κ2) is 4.88. The minimum absolute atomic E-state index is 0.0806. The average molecular weight is 377 g/mol. The Bertz CT molecular complexity index is 905. The number of hydrogen-bond acceptors (Lipinski definition) is 7. The number of nitro benzene ring substituents is 1. The first-order chi connectivity index (χ1) is 10.9. The Kier molecular flexibility index (Phi) is 3.48. The minimum Gasteiger partial charge on any atom is -0.378 e. The molecule has 0 unspecified atom stereocenters. The molecule has 0 bridgehead atoms. The topological polar surface area (TPSA) is 116 Å². The Morgan fingerprint density at radius 1 is 1.46 bits per heavy atom. The molecule has 2 N–H and O–H groups in total. The van der Waals surface area contributed by atoms with E-state index in [4.69, 9.17) is 5.73 Å². The summed E-state index contributed by atoms with van der Waals surface area (Å²) in [4.78, 5) is 14.2. The third-order valence-corrected chi connectivity index (χ3v) is 8.52. The van der Waals surface area contributed by atoms with Gasteiger partial charge in [0.1, 0.15) is 4.08 Å². The van der Waals surface area contributed by atoms with Crippen molar-refractivity contribution in [3.05, 3.63) is 39.4 Å². The van der Waals surface area contributed by atoms with Crippen LogP contribution in [0.25, 0.3) is 0 Å². The first-order valence-corrected chi connectivity index (χ1v) is 9.51. The number of non-ortho nitro benzene ring substituents is 1. The van der Waals surface area contributed by atoms with E-state index in [1.807, 2.05) is 0 Å². The molecule has 0 saturated heterocycles. The number of aliphatic imine (C=N–C) groups is 1. The van der Waals surface area contributed by atoms with Gasteiger partial charge in [0, 0.05) is 23.8 Å². The van der Waals surface area contributed by atoms with Crippen molar-refractivity contribution in [3.63, 3.8) is 0 Å². The summed E-state index contributed by atoms with van der Waals surface area (Å²) in [6, 6.07) is 1.36. The lowest BCUT2D eigenvalue weighted by molar-refractivity contribution is -0.385. The molecule has 1 aliphatic heterocycles. The van der Waals surface area contributed by atoms with E-state index in [1.165, 1.54) is 6.92 Å². The van der Waals surface area contributed by atoms with Gasteiger partial charge in [-0.15, -0.1) is 0 Å². The van der Waals surface area contributed by atoms with Gasteiger partial charge in [0.25, 0.3) is 5.69 Å².